The third-order valence-electron chi connectivity index (χ3n) is 4.15. The van der Waals surface area contributed by atoms with E-state index in [0.29, 0.717) is 12.0 Å². The number of nitrogens with one attached hydrogen (secondary N) is 1. The molecule has 7 nitrogen and oxygen atoms in total. The molecule has 8 heteroatoms. The predicted octanol–water partition coefficient (Wildman–Crippen LogP) is 1.15. The molecule has 1 atom stereocenters. The summed E-state index contributed by atoms with van der Waals surface area (Å²) in [6.07, 6.45) is 0.400. The molecule has 2 heterocycles. The lowest BCUT2D eigenvalue weighted by Crippen LogP contribution is -2.38. The summed E-state index contributed by atoms with van der Waals surface area (Å²) >= 11 is 0. The molecule has 0 saturated carbocycles. The molecule has 0 unspecified atom stereocenters. The van der Waals surface area contributed by atoms with E-state index >= 15 is 0 Å². The van der Waals surface area contributed by atoms with Gasteiger partial charge < -0.3 is 14.6 Å². The van der Waals surface area contributed by atoms with E-state index in [2.05, 4.69) is 5.32 Å². The minimum absolute atomic E-state index is 0.0533. The maximum atomic E-state index is 12.2. The highest BCUT2D eigenvalue weighted by Crippen LogP contribution is 2.20. The van der Waals surface area contributed by atoms with Gasteiger partial charge in [0, 0.05) is 23.5 Å². The zero-order valence-corrected chi connectivity index (χ0v) is 15.3. The number of nitrogens with zero attached hydrogens (tertiary/aromatic N) is 1. The molecule has 1 amide bonds. The molecule has 1 N–H and O–H groups in total. The van der Waals surface area contributed by atoms with E-state index in [1.54, 1.807) is 6.07 Å². The second kappa shape index (κ2) is 6.96. The first-order valence-corrected chi connectivity index (χ1v) is 9.78. The number of aromatic nitrogens is 1. The summed E-state index contributed by atoms with van der Waals surface area (Å²) in [6, 6.07) is 1.57. The van der Waals surface area contributed by atoms with Crippen molar-refractivity contribution in [2.24, 2.45) is 0 Å². The SMILES string of the molecule is Cc1cc(C(=O)OCC(=O)N[C@@H]2CCS(=O)(=O)C2)c(C)n1C(C)C. The van der Waals surface area contributed by atoms with Crippen LogP contribution >= 0.6 is 0 Å². The van der Waals surface area contributed by atoms with Crippen LogP contribution in [0.5, 0.6) is 0 Å². The fraction of sp³-hybridized carbons (Fsp3) is 0.625. The molecular weight excluding hydrogens is 332 g/mol. The minimum Gasteiger partial charge on any atom is -0.452 e. The van der Waals surface area contributed by atoms with Crippen molar-refractivity contribution in [3.05, 3.63) is 23.0 Å². The van der Waals surface area contributed by atoms with Crippen LogP contribution in [0.1, 0.15) is 48.1 Å². The molecule has 1 aromatic rings. The molecule has 1 aliphatic rings. The highest BCUT2D eigenvalue weighted by molar-refractivity contribution is 7.91. The first-order valence-electron chi connectivity index (χ1n) is 7.96. The highest BCUT2D eigenvalue weighted by atomic mass is 32.2. The standard InChI is InChI=1S/C16H24N2O5S/c1-10(2)18-11(3)7-14(12(18)4)16(20)23-8-15(19)17-13-5-6-24(21,22)9-13/h7,10,13H,5-6,8-9H2,1-4H3,(H,17,19)/t13-/m1/s1. The van der Waals surface area contributed by atoms with Gasteiger partial charge in [0.15, 0.2) is 16.4 Å². The molecular formula is C16H24N2O5S. The lowest BCUT2D eigenvalue weighted by molar-refractivity contribution is -0.124. The number of hydrogen-bond donors (Lipinski definition) is 1. The Balaban J connectivity index is 1.92. The Bertz CT molecular complexity index is 749. The summed E-state index contributed by atoms with van der Waals surface area (Å²) in [5.41, 5.74) is 2.20. The molecule has 1 aliphatic heterocycles. The van der Waals surface area contributed by atoms with Crippen LogP contribution in [0.3, 0.4) is 0 Å². The Morgan fingerprint density at radius 2 is 2.04 bits per heavy atom. The van der Waals surface area contributed by atoms with Crippen molar-refractivity contribution in [1.29, 1.82) is 0 Å². The molecule has 0 radical (unpaired) electrons. The molecule has 2 rings (SSSR count). The molecule has 1 fully saturated rings. The average Bonchev–Trinajstić information content (AvgIpc) is 2.95. The van der Waals surface area contributed by atoms with Crippen molar-refractivity contribution >= 4 is 21.7 Å². The summed E-state index contributed by atoms with van der Waals surface area (Å²) in [6.45, 7) is 7.39. The third kappa shape index (κ3) is 4.17. The van der Waals surface area contributed by atoms with Crippen molar-refractivity contribution in [1.82, 2.24) is 9.88 Å². The van der Waals surface area contributed by atoms with Crippen LogP contribution in [-0.2, 0) is 19.4 Å². The number of rotatable bonds is 5. The van der Waals surface area contributed by atoms with Crippen LogP contribution in [0, 0.1) is 13.8 Å². The third-order valence-corrected chi connectivity index (χ3v) is 5.92. The summed E-state index contributed by atoms with van der Waals surface area (Å²) in [5, 5.41) is 2.59. The lowest BCUT2D eigenvalue weighted by atomic mass is 10.2. The fourth-order valence-corrected chi connectivity index (χ4v) is 4.84. The molecule has 1 aromatic heterocycles. The van der Waals surface area contributed by atoms with E-state index in [0.717, 1.165) is 11.4 Å². The van der Waals surface area contributed by atoms with E-state index < -0.39 is 34.4 Å². The number of ether oxygens (including phenoxy) is 1. The number of esters is 1. The maximum Gasteiger partial charge on any atom is 0.340 e. The van der Waals surface area contributed by atoms with Gasteiger partial charge in [0.25, 0.3) is 5.91 Å². The van der Waals surface area contributed by atoms with E-state index in [4.69, 9.17) is 4.74 Å². The first-order chi connectivity index (χ1) is 11.1. The highest BCUT2D eigenvalue weighted by Gasteiger charge is 2.29. The topological polar surface area (TPSA) is 94.5 Å². The van der Waals surface area contributed by atoms with E-state index in [1.165, 1.54) is 0 Å². The molecule has 0 aliphatic carbocycles. The Kier molecular flexibility index (Phi) is 5.37. The van der Waals surface area contributed by atoms with E-state index in [1.807, 2.05) is 32.3 Å². The van der Waals surface area contributed by atoms with Crippen LogP contribution < -0.4 is 5.32 Å². The number of amides is 1. The van der Waals surface area contributed by atoms with E-state index in [9.17, 15) is 18.0 Å². The van der Waals surface area contributed by atoms with Gasteiger partial charge in [-0.1, -0.05) is 0 Å². The number of carbonyl (C=O) groups excluding carboxylic acids is 2. The smallest absolute Gasteiger partial charge is 0.340 e. The van der Waals surface area contributed by atoms with Crippen LogP contribution in [0.15, 0.2) is 6.07 Å². The maximum absolute atomic E-state index is 12.2. The predicted molar refractivity (Wildman–Crippen MR) is 89.8 cm³/mol. The number of sulfone groups is 1. The van der Waals surface area contributed by atoms with Gasteiger partial charge in [-0.25, -0.2) is 13.2 Å². The molecule has 1 saturated heterocycles. The van der Waals surface area contributed by atoms with Gasteiger partial charge in [-0.05, 0) is 40.2 Å². The summed E-state index contributed by atoms with van der Waals surface area (Å²) in [5.74, 6) is -1.01. The van der Waals surface area contributed by atoms with Gasteiger partial charge >= 0.3 is 5.97 Å². The molecule has 0 aromatic carbocycles. The Morgan fingerprint density at radius 3 is 2.54 bits per heavy atom. The van der Waals surface area contributed by atoms with Crippen molar-refractivity contribution in [3.8, 4) is 0 Å². The van der Waals surface area contributed by atoms with Gasteiger partial charge in [0.2, 0.25) is 0 Å². The van der Waals surface area contributed by atoms with Crippen LogP contribution in [-0.4, -0.2) is 49.0 Å². The monoisotopic (exact) mass is 356 g/mol. The van der Waals surface area contributed by atoms with Gasteiger partial charge in [-0.15, -0.1) is 0 Å². The quantitative estimate of drug-likeness (QED) is 0.799. The van der Waals surface area contributed by atoms with Crippen LogP contribution in [0.25, 0.3) is 0 Å². The molecule has 134 valence electrons. The lowest BCUT2D eigenvalue weighted by Gasteiger charge is -2.14. The minimum atomic E-state index is -3.06. The van der Waals surface area contributed by atoms with Crippen LogP contribution in [0.4, 0.5) is 0 Å². The van der Waals surface area contributed by atoms with Crippen molar-refractivity contribution in [3.63, 3.8) is 0 Å². The van der Waals surface area contributed by atoms with Crippen molar-refractivity contribution in [2.75, 3.05) is 18.1 Å². The summed E-state index contributed by atoms with van der Waals surface area (Å²) in [7, 11) is -3.06. The molecule has 0 spiro atoms. The summed E-state index contributed by atoms with van der Waals surface area (Å²) in [4.78, 5) is 24.0. The number of carbonyl (C=O) groups is 2. The fourth-order valence-electron chi connectivity index (χ4n) is 3.17. The first kappa shape index (κ1) is 18.5. The second-order valence-electron chi connectivity index (χ2n) is 6.49. The Morgan fingerprint density at radius 1 is 1.38 bits per heavy atom. The van der Waals surface area contributed by atoms with Gasteiger partial charge in [-0.2, -0.15) is 0 Å². The van der Waals surface area contributed by atoms with Crippen molar-refractivity contribution < 1.29 is 22.7 Å². The average molecular weight is 356 g/mol. The second-order valence-corrected chi connectivity index (χ2v) is 8.72. The zero-order chi connectivity index (χ0) is 18.1. The summed E-state index contributed by atoms with van der Waals surface area (Å²) < 4.78 is 29.8. The number of hydrogen-bond acceptors (Lipinski definition) is 5. The number of aryl methyl sites for hydroxylation is 1. The normalized spacial score (nSPS) is 19.5. The Labute approximate surface area is 142 Å². The molecule has 24 heavy (non-hydrogen) atoms. The van der Waals surface area contributed by atoms with Crippen LogP contribution in [0.2, 0.25) is 0 Å². The zero-order valence-electron chi connectivity index (χ0n) is 14.5. The largest absolute Gasteiger partial charge is 0.452 e. The van der Waals surface area contributed by atoms with Gasteiger partial charge in [-0.3, -0.25) is 4.79 Å². The van der Waals surface area contributed by atoms with Crippen molar-refractivity contribution in [2.45, 2.75) is 46.2 Å². The van der Waals surface area contributed by atoms with Gasteiger partial charge in [0.1, 0.15) is 0 Å². The van der Waals surface area contributed by atoms with E-state index in [-0.39, 0.29) is 17.5 Å². The van der Waals surface area contributed by atoms with Gasteiger partial charge in [0.05, 0.1) is 17.1 Å². The Hall–Kier alpha value is -1.83. The molecule has 0 bridgehead atoms.